The van der Waals surface area contributed by atoms with Crippen LogP contribution in [0.25, 0.3) is 0 Å². The molecule has 2 rings (SSSR count). The van der Waals surface area contributed by atoms with E-state index in [1.165, 1.54) is 5.56 Å². The number of hydrogen-bond acceptors (Lipinski definition) is 2. The normalized spacial score (nSPS) is 12.2. The molecule has 0 aliphatic heterocycles. The minimum Gasteiger partial charge on any atom is -0.503 e. The first-order valence-corrected chi connectivity index (χ1v) is 7.02. The molecule has 2 nitrogen and oxygen atoms in total. The van der Waals surface area contributed by atoms with E-state index in [1.54, 1.807) is 0 Å². The van der Waals surface area contributed by atoms with Crippen LogP contribution in [-0.2, 0) is 6.54 Å². The standard InChI is InChI=1S/C17H19F2NO/c1-3-11(2)13-4-6-14(7-5-13)20-10-12-8-15(18)17(21)16(19)9-12/h4-9,11,20-21H,3,10H2,1-2H3. The maximum Gasteiger partial charge on any atom is 0.187 e. The summed E-state index contributed by atoms with van der Waals surface area (Å²) in [5.41, 5.74) is 2.59. The molecule has 4 heteroatoms. The highest BCUT2D eigenvalue weighted by Gasteiger charge is 2.09. The number of phenols is 1. The smallest absolute Gasteiger partial charge is 0.187 e. The molecule has 1 atom stereocenters. The average molecular weight is 291 g/mol. The zero-order chi connectivity index (χ0) is 15.4. The van der Waals surface area contributed by atoms with Crippen molar-refractivity contribution >= 4 is 5.69 Å². The molecule has 0 heterocycles. The Balaban J connectivity index is 2.03. The molecule has 0 aromatic heterocycles. The fourth-order valence-corrected chi connectivity index (χ4v) is 2.09. The quantitative estimate of drug-likeness (QED) is 0.829. The van der Waals surface area contributed by atoms with Gasteiger partial charge in [-0.2, -0.15) is 0 Å². The second kappa shape index (κ2) is 6.57. The summed E-state index contributed by atoms with van der Waals surface area (Å²) in [5.74, 6) is -2.31. The van der Waals surface area contributed by atoms with Crippen LogP contribution in [0.15, 0.2) is 36.4 Å². The lowest BCUT2D eigenvalue weighted by Gasteiger charge is -2.11. The Kier molecular flexibility index (Phi) is 4.78. The highest BCUT2D eigenvalue weighted by molar-refractivity contribution is 5.46. The summed E-state index contributed by atoms with van der Waals surface area (Å²) < 4.78 is 26.5. The van der Waals surface area contributed by atoms with Crippen molar-refractivity contribution in [2.24, 2.45) is 0 Å². The minimum atomic E-state index is -0.945. The molecule has 21 heavy (non-hydrogen) atoms. The van der Waals surface area contributed by atoms with Crippen molar-refractivity contribution in [3.63, 3.8) is 0 Å². The van der Waals surface area contributed by atoms with Crippen molar-refractivity contribution in [2.75, 3.05) is 5.32 Å². The fraction of sp³-hybridized carbons (Fsp3) is 0.294. The van der Waals surface area contributed by atoms with Gasteiger partial charge in [0.15, 0.2) is 17.4 Å². The van der Waals surface area contributed by atoms with Crippen molar-refractivity contribution in [3.05, 3.63) is 59.2 Å². The molecule has 2 aromatic carbocycles. The molecule has 0 aliphatic carbocycles. The van der Waals surface area contributed by atoms with E-state index < -0.39 is 17.4 Å². The third-order valence-electron chi connectivity index (χ3n) is 3.67. The van der Waals surface area contributed by atoms with E-state index in [0.29, 0.717) is 11.5 Å². The molecule has 0 saturated carbocycles. The third-order valence-corrected chi connectivity index (χ3v) is 3.67. The monoisotopic (exact) mass is 291 g/mol. The van der Waals surface area contributed by atoms with Gasteiger partial charge in [-0.05, 0) is 47.7 Å². The average Bonchev–Trinajstić information content (AvgIpc) is 2.50. The van der Waals surface area contributed by atoms with Gasteiger partial charge in [-0.25, -0.2) is 8.78 Å². The maximum atomic E-state index is 13.2. The lowest BCUT2D eigenvalue weighted by atomic mass is 9.99. The van der Waals surface area contributed by atoms with Gasteiger partial charge < -0.3 is 10.4 Å². The van der Waals surface area contributed by atoms with E-state index in [9.17, 15) is 8.78 Å². The van der Waals surface area contributed by atoms with E-state index in [0.717, 1.165) is 24.2 Å². The van der Waals surface area contributed by atoms with E-state index in [1.807, 2.05) is 12.1 Å². The molecule has 0 radical (unpaired) electrons. The summed E-state index contributed by atoms with van der Waals surface area (Å²) in [7, 11) is 0. The largest absolute Gasteiger partial charge is 0.503 e. The molecule has 112 valence electrons. The predicted octanol–water partition coefficient (Wildman–Crippen LogP) is 4.80. The Morgan fingerprint density at radius 1 is 1.10 bits per heavy atom. The Bertz CT molecular complexity index is 588. The molecule has 2 N–H and O–H groups in total. The predicted molar refractivity (Wildman–Crippen MR) is 80.5 cm³/mol. The third kappa shape index (κ3) is 3.72. The van der Waals surface area contributed by atoms with Crippen LogP contribution in [0.4, 0.5) is 14.5 Å². The summed E-state index contributed by atoms with van der Waals surface area (Å²) in [5, 5.41) is 12.2. The lowest BCUT2D eigenvalue weighted by molar-refractivity contribution is 0.395. The Morgan fingerprint density at radius 3 is 2.19 bits per heavy atom. The van der Waals surface area contributed by atoms with E-state index in [2.05, 4.69) is 31.3 Å². The molecule has 0 amide bonds. The lowest BCUT2D eigenvalue weighted by Crippen LogP contribution is -2.01. The molecular weight excluding hydrogens is 272 g/mol. The summed E-state index contributed by atoms with van der Waals surface area (Å²) in [6, 6.07) is 10.3. The molecule has 1 unspecified atom stereocenters. The van der Waals surface area contributed by atoms with Crippen LogP contribution in [-0.4, -0.2) is 5.11 Å². The Hall–Kier alpha value is -2.10. The number of hydrogen-bond donors (Lipinski definition) is 2. The minimum absolute atomic E-state index is 0.288. The van der Waals surface area contributed by atoms with Crippen LogP contribution in [0, 0.1) is 11.6 Å². The molecular formula is C17H19F2NO. The highest BCUT2D eigenvalue weighted by Crippen LogP contribution is 2.23. The van der Waals surface area contributed by atoms with Crippen LogP contribution < -0.4 is 5.32 Å². The van der Waals surface area contributed by atoms with Gasteiger partial charge in [-0.15, -0.1) is 0 Å². The Labute approximate surface area is 123 Å². The molecule has 0 aliphatic rings. The van der Waals surface area contributed by atoms with Crippen molar-refractivity contribution in [2.45, 2.75) is 32.7 Å². The van der Waals surface area contributed by atoms with Gasteiger partial charge in [0, 0.05) is 12.2 Å². The summed E-state index contributed by atoms with van der Waals surface area (Å²) >= 11 is 0. The van der Waals surface area contributed by atoms with Crippen molar-refractivity contribution in [3.8, 4) is 5.75 Å². The van der Waals surface area contributed by atoms with E-state index in [4.69, 9.17) is 5.11 Å². The second-order valence-electron chi connectivity index (χ2n) is 5.19. The number of rotatable bonds is 5. The first kappa shape index (κ1) is 15.3. The molecule has 2 aromatic rings. The van der Waals surface area contributed by atoms with E-state index >= 15 is 0 Å². The Morgan fingerprint density at radius 2 is 1.67 bits per heavy atom. The second-order valence-corrected chi connectivity index (χ2v) is 5.19. The van der Waals surface area contributed by atoms with Gasteiger partial charge >= 0.3 is 0 Å². The van der Waals surface area contributed by atoms with Crippen molar-refractivity contribution < 1.29 is 13.9 Å². The topological polar surface area (TPSA) is 32.3 Å². The van der Waals surface area contributed by atoms with Crippen molar-refractivity contribution in [1.82, 2.24) is 0 Å². The molecule has 0 saturated heterocycles. The van der Waals surface area contributed by atoms with Crippen LogP contribution in [0.2, 0.25) is 0 Å². The number of halogens is 2. The zero-order valence-electron chi connectivity index (χ0n) is 12.2. The molecule has 0 bridgehead atoms. The van der Waals surface area contributed by atoms with Gasteiger partial charge in [-0.3, -0.25) is 0 Å². The number of anilines is 1. The number of aromatic hydroxyl groups is 1. The van der Waals surface area contributed by atoms with Gasteiger partial charge in [-0.1, -0.05) is 26.0 Å². The summed E-state index contributed by atoms with van der Waals surface area (Å²) in [6.07, 6.45) is 1.08. The van der Waals surface area contributed by atoms with Gasteiger partial charge in [0.05, 0.1) is 0 Å². The first-order chi connectivity index (χ1) is 10.0. The fourth-order valence-electron chi connectivity index (χ4n) is 2.09. The van der Waals surface area contributed by atoms with Gasteiger partial charge in [0.25, 0.3) is 0 Å². The first-order valence-electron chi connectivity index (χ1n) is 7.02. The SMILES string of the molecule is CCC(C)c1ccc(NCc2cc(F)c(O)c(F)c2)cc1. The van der Waals surface area contributed by atoms with Crippen LogP contribution in [0.1, 0.15) is 37.3 Å². The number of nitrogens with one attached hydrogen (secondary N) is 1. The van der Waals surface area contributed by atoms with E-state index in [-0.39, 0.29) is 6.54 Å². The van der Waals surface area contributed by atoms with Crippen molar-refractivity contribution in [1.29, 1.82) is 0 Å². The highest BCUT2D eigenvalue weighted by atomic mass is 19.1. The number of phenolic OH excluding ortho intramolecular Hbond substituents is 1. The van der Waals surface area contributed by atoms with Crippen LogP contribution in [0.5, 0.6) is 5.75 Å². The van der Waals surface area contributed by atoms with Gasteiger partial charge in [0.1, 0.15) is 0 Å². The number of benzene rings is 2. The maximum absolute atomic E-state index is 13.2. The summed E-state index contributed by atoms with van der Waals surface area (Å²) in [6.45, 7) is 4.60. The molecule has 0 fully saturated rings. The van der Waals surface area contributed by atoms with Crippen LogP contribution >= 0.6 is 0 Å². The molecule has 0 spiro atoms. The van der Waals surface area contributed by atoms with Gasteiger partial charge in [0.2, 0.25) is 0 Å². The van der Waals surface area contributed by atoms with Crippen LogP contribution in [0.3, 0.4) is 0 Å². The zero-order valence-corrected chi connectivity index (χ0v) is 12.2. The summed E-state index contributed by atoms with van der Waals surface area (Å²) in [4.78, 5) is 0.